The number of sulfonamides is 1. The molecule has 2 atom stereocenters. The number of nitrogens with one attached hydrogen (secondary N) is 1. The van der Waals surface area contributed by atoms with Crippen molar-refractivity contribution < 1.29 is 32.2 Å². The molecule has 1 aliphatic rings. The quantitative estimate of drug-likeness (QED) is 0.399. The van der Waals surface area contributed by atoms with Crippen molar-refractivity contribution in [3.8, 4) is 17.2 Å². The van der Waals surface area contributed by atoms with E-state index in [1.165, 1.54) is 9.21 Å². The second-order valence-electron chi connectivity index (χ2n) is 9.63. The number of benzene rings is 2. The molecule has 0 aromatic heterocycles. The highest BCUT2D eigenvalue weighted by molar-refractivity contribution is 7.92. The molecular weight excluding hydrogens is 522 g/mol. The summed E-state index contributed by atoms with van der Waals surface area (Å²) in [6, 6.07) is 11.6. The highest BCUT2D eigenvalue weighted by Gasteiger charge is 2.27. The molecule has 1 N–H and O–H groups in total. The molecule has 0 fully saturated rings. The molecule has 39 heavy (non-hydrogen) atoms. The number of nitrogens with zero attached hydrogens (tertiary/aromatic N) is 2. The maximum Gasteiger partial charge on any atom is 0.242 e. The Bertz CT molecular complexity index is 1230. The number of ether oxygens (including phenoxy) is 3. The van der Waals surface area contributed by atoms with E-state index < -0.39 is 16.1 Å². The van der Waals surface area contributed by atoms with E-state index in [1.807, 2.05) is 26.0 Å². The zero-order valence-electron chi connectivity index (χ0n) is 23.3. The zero-order chi connectivity index (χ0) is 28.6. The van der Waals surface area contributed by atoms with E-state index in [4.69, 9.17) is 14.2 Å². The Morgan fingerprint density at radius 3 is 2.33 bits per heavy atom. The SMILES string of the molecule is CC[C@@H](C)NC(=O)[C@H](C)N(Cc1ccc(OC)cc1)C(=O)CCCN(c1ccc2c(c1)OCCO2)S(C)(=O)=O. The summed E-state index contributed by atoms with van der Waals surface area (Å²) >= 11 is 0. The number of hydrogen-bond acceptors (Lipinski definition) is 7. The van der Waals surface area contributed by atoms with Crippen molar-refractivity contribution in [2.45, 2.75) is 58.7 Å². The van der Waals surface area contributed by atoms with Crippen molar-refractivity contribution in [1.29, 1.82) is 0 Å². The molecule has 3 rings (SSSR count). The van der Waals surface area contributed by atoms with Crippen molar-refractivity contribution in [1.82, 2.24) is 10.2 Å². The van der Waals surface area contributed by atoms with Crippen LogP contribution in [0.1, 0.15) is 45.6 Å². The summed E-state index contributed by atoms with van der Waals surface area (Å²) in [6.45, 7) is 6.74. The van der Waals surface area contributed by atoms with Crippen LogP contribution in [-0.2, 0) is 26.2 Å². The number of carbonyl (C=O) groups excluding carboxylic acids is 2. The lowest BCUT2D eigenvalue weighted by Crippen LogP contribution is -2.49. The molecule has 0 bridgehead atoms. The molecule has 11 heteroatoms. The molecule has 0 radical (unpaired) electrons. The van der Waals surface area contributed by atoms with Crippen LogP contribution in [-0.4, -0.2) is 70.3 Å². The van der Waals surface area contributed by atoms with Gasteiger partial charge in [-0.25, -0.2) is 8.42 Å². The number of fused-ring (bicyclic) bond motifs is 1. The molecular formula is C28H39N3O7S. The first-order valence-corrected chi connectivity index (χ1v) is 15.0. The minimum atomic E-state index is -3.63. The van der Waals surface area contributed by atoms with Gasteiger partial charge in [0, 0.05) is 31.6 Å². The second kappa shape index (κ2) is 13.5. The van der Waals surface area contributed by atoms with Crippen LogP contribution < -0.4 is 23.8 Å². The van der Waals surface area contributed by atoms with Crippen molar-refractivity contribution in [3.63, 3.8) is 0 Å². The first kappa shape index (κ1) is 30.1. The van der Waals surface area contributed by atoms with E-state index in [2.05, 4.69) is 5.32 Å². The lowest BCUT2D eigenvalue weighted by atomic mass is 10.1. The Balaban J connectivity index is 1.74. The minimum Gasteiger partial charge on any atom is -0.497 e. The van der Waals surface area contributed by atoms with Gasteiger partial charge in [0.15, 0.2) is 11.5 Å². The zero-order valence-corrected chi connectivity index (χ0v) is 24.1. The minimum absolute atomic E-state index is 0.0211. The number of anilines is 1. The van der Waals surface area contributed by atoms with E-state index in [-0.39, 0.29) is 43.8 Å². The molecule has 1 aliphatic heterocycles. The lowest BCUT2D eigenvalue weighted by Gasteiger charge is -2.30. The fourth-order valence-corrected chi connectivity index (χ4v) is 5.12. The van der Waals surface area contributed by atoms with Crippen LogP contribution in [0.25, 0.3) is 0 Å². The summed E-state index contributed by atoms with van der Waals surface area (Å²) in [5, 5.41) is 2.95. The van der Waals surface area contributed by atoms with Crippen LogP contribution in [0.4, 0.5) is 5.69 Å². The van der Waals surface area contributed by atoms with Gasteiger partial charge in [-0.1, -0.05) is 19.1 Å². The molecule has 2 amide bonds. The van der Waals surface area contributed by atoms with Crippen molar-refractivity contribution in [2.24, 2.45) is 0 Å². The van der Waals surface area contributed by atoms with Gasteiger partial charge in [0.25, 0.3) is 0 Å². The molecule has 0 saturated carbocycles. The Morgan fingerprint density at radius 1 is 1.05 bits per heavy atom. The number of rotatable bonds is 13. The van der Waals surface area contributed by atoms with E-state index >= 15 is 0 Å². The normalized spacial score (nSPS) is 14.2. The molecule has 2 aromatic carbocycles. The maximum absolute atomic E-state index is 13.4. The average molecular weight is 562 g/mol. The van der Waals surface area contributed by atoms with E-state index in [0.717, 1.165) is 18.2 Å². The van der Waals surface area contributed by atoms with Gasteiger partial charge < -0.3 is 24.4 Å². The standard InChI is InChI=1S/C28H39N3O7S/c1-6-20(2)29-28(33)21(3)30(19-22-9-12-24(36-4)13-10-22)27(32)8-7-15-31(39(5,34)35)23-11-14-25-26(18-23)38-17-16-37-25/h9-14,18,20-21H,6-8,15-17,19H2,1-5H3,(H,29,33)/t20-,21+/m1/s1. The van der Waals surface area contributed by atoms with Gasteiger partial charge in [-0.05, 0) is 56.5 Å². The van der Waals surface area contributed by atoms with Crippen LogP contribution >= 0.6 is 0 Å². The summed E-state index contributed by atoms with van der Waals surface area (Å²) in [5.41, 5.74) is 1.28. The monoisotopic (exact) mass is 561 g/mol. The fourth-order valence-electron chi connectivity index (χ4n) is 4.17. The van der Waals surface area contributed by atoms with Crippen LogP contribution in [0.2, 0.25) is 0 Å². The summed E-state index contributed by atoms with van der Waals surface area (Å²) in [5.74, 6) is 1.26. The highest BCUT2D eigenvalue weighted by atomic mass is 32.2. The lowest BCUT2D eigenvalue weighted by molar-refractivity contribution is -0.140. The first-order chi connectivity index (χ1) is 18.5. The summed E-state index contributed by atoms with van der Waals surface area (Å²) in [4.78, 5) is 27.9. The van der Waals surface area contributed by atoms with Gasteiger partial charge in [-0.3, -0.25) is 13.9 Å². The summed E-state index contributed by atoms with van der Waals surface area (Å²) in [6.07, 6.45) is 2.22. The number of amides is 2. The largest absolute Gasteiger partial charge is 0.497 e. The van der Waals surface area contributed by atoms with E-state index in [1.54, 1.807) is 44.4 Å². The molecule has 0 unspecified atom stereocenters. The van der Waals surface area contributed by atoms with Crippen LogP contribution in [0.15, 0.2) is 42.5 Å². The molecule has 10 nitrogen and oxygen atoms in total. The van der Waals surface area contributed by atoms with Gasteiger partial charge in [0.05, 0.1) is 19.1 Å². The Hall–Kier alpha value is -3.47. The molecule has 214 valence electrons. The second-order valence-corrected chi connectivity index (χ2v) is 11.5. The van der Waals surface area contributed by atoms with Gasteiger partial charge in [-0.15, -0.1) is 0 Å². The Labute approximate surface area is 231 Å². The fraction of sp³-hybridized carbons (Fsp3) is 0.500. The number of hydrogen-bond donors (Lipinski definition) is 1. The highest BCUT2D eigenvalue weighted by Crippen LogP contribution is 2.34. The van der Waals surface area contributed by atoms with Crippen LogP contribution in [0.3, 0.4) is 0 Å². The van der Waals surface area contributed by atoms with Crippen molar-refractivity contribution in [2.75, 3.05) is 37.4 Å². The number of methoxy groups -OCH3 is 1. The maximum atomic E-state index is 13.4. The number of carbonyl (C=O) groups is 2. The molecule has 0 spiro atoms. The molecule has 0 aliphatic carbocycles. The van der Waals surface area contributed by atoms with Gasteiger partial charge in [0.1, 0.15) is 25.0 Å². The predicted octanol–water partition coefficient (Wildman–Crippen LogP) is 3.34. The van der Waals surface area contributed by atoms with Gasteiger partial charge in [-0.2, -0.15) is 0 Å². The third-order valence-corrected chi connectivity index (χ3v) is 7.84. The molecule has 2 aromatic rings. The van der Waals surface area contributed by atoms with Crippen molar-refractivity contribution >= 4 is 27.5 Å². The van der Waals surface area contributed by atoms with Crippen molar-refractivity contribution in [3.05, 3.63) is 48.0 Å². The first-order valence-electron chi connectivity index (χ1n) is 13.1. The molecule has 0 saturated heterocycles. The summed E-state index contributed by atoms with van der Waals surface area (Å²) < 4.78 is 42.9. The summed E-state index contributed by atoms with van der Waals surface area (Å²) in [7, 11) is -2.05. The third-order valence-electron chi connectivity index (χ3n) is 6.65. The predicted molar refractivity (Wildman–Crippen MR) is 150 cm³/mol. The Kier molecular flexibility index (Phi) is 10.4. The topological polar surface area (TPSA) is 114 Å². The van der Waals surface area contributed by atoms with Crippen LogP contribution in [0, 0.1) is 0 Å². The van der Waals surface area contributed by atoms with Crippen LogP contribution in [0.5, 0.6) is 17.2 Å². The average Bonchev–Trinajstić information content (AvgIpc) is 2.92. The Morgan fingerprint density at radius 2 is 1.72 bits per heavy atom. The van der Waals surface area contributed by atoms with Gasteiger partial charge >= 0.3 is 0 Å². The van der Waals surface area contributed by atoms with Gasteiger partial charge in [0.2, 0.25) is 21.8 Å². The third kappa shape index (κ3) is 8.26. The van der Waals surface area contributed by atoms with E-state index in [0.29, 0.717) is 36.1 Å². The molecule has 1 heterocycles. The van der Waals surface area contributed by atoms with E-state index in [9.17, 15) is 18.0 Å². The smallest absolute Gasteiger partial charge is 0.242 e.